The summed E-state index contributed by atoms with van der Waals surface area (Å²) < 4.78 is 9.48. The number of methoxy groups -OCH3 is 2. The molecule has 0 bridgehead atoms. The molecule has 2 aliphatic rings. The van der Waals surface area contributed by atoms with Crippen molar-refractivity contribution >= 4 is 56.3 Å². The summed E-state index contributed by atoms with van der Waals surface area (Å²) in [7, 11) is 2.56. The first-order chi connectivity index (χ1) is 24.0. The number of aromatic amines is 2. The molecule has 268 valence electrons. The van der Waals surface area contributed by atoms with Crippen LogP contribution in [0.1, 0.15) is 77.0 Å². The molecule has 4 aromatic heterocycles. The molecule has 6 rings (SSSR count). The van der Waals surface area contributed by atoms with Gasteiger partial charge in [-0.25, -0.2) is 29.5 Å². The number of H-pyrrole nitrogens is 2. The molecule has 0 radical (unpaired) electrons. The summed E-state index contributed by atoms with van der Waals surface area (Å²) in [5, 5.41) is 6.77. The summed E-state index contributed by atoms with van der Waals surface area (Å²) in [4.78, 5) is 81.5. The molecule has 0 aromatic carbocycles. The Morgan fingerprint density at radius 1 is 0.780 bits per heavy atom. The quantitative estimate of drug-likeness (QED) is 0.179. The average molecular weight is 727 g/mol. The fourth-order valence-corrected chi connectivity index (χ4v) is 8.47. The maximum absolute atomic E-state index is 13.5. The number of thiazole rings is 2. The second-order valence-corrected chi connectivity index (χ2v) is 15.1. The van der Waals surface area contributed by atoms with Gasteiger partial charge in [-0.15, -0.1) is 0 Å². The molecule has 4 unspecified atom stereocenters. The van der Waals surface area contributed by atoms with Crippen LogP contribution in [0.3, 0.4) is 0 Å². The molecule has 4 atom stereocenters. The zero-order valence-corrected chi connectivity index (χ0v) is 30.4. The van der Waals surface area contributed by atoms with Crippen molar-refractivity contribution in [3.63, 3.8) is 0 Å². The Bertz CT molecular complexity index is 1700. The van der Waals surface area contributed by atoms with E-state index in [1.54, 1.807) is 22.2 Å². The van der Waals surface area contributed by atoms with E-state index in [-0.39, 0.29) is 35.7 Å². The van der Waals surface area contributed by atoms with Crippen LogP contribution in [0.4, 0.5) is 9.59 Å². The number of alkyl carbamates (subject to hydrolysis) is 2. The number of rotatable bonds is 10. The molecule has 0 spiro atoms. The van der Waals surface area contributed by atoms with Crippen LogP contribution in [-0.2, 0) is 19.1 Å². The van der Waals surface area contributed by atoms with Crippen molar-refractivity contribution in [2.24, 2.45) is 11.8 Å². The summed E-state index contributed by atoms with van der Waals surface area (Å²) >= 11 is 2.85. The van der Waals surface area contributed by atoms with Gasteiger partial charge in [0.05, 0.1) is 50.1 Å². The van der Waals surface area contributed by atoms with Crippen molar-refractivity contribution in [1.29, 1.82) is 0 Å². The average Bonchev–Trinajstić information content (AvgIpc) is 3.93. The molecule has 18 heteroatoms. The summed E-state index contributed by atoms with van der Waals surface area (Å²) in [6.07, 6.45) is 5.38. The number of amides is 4. The van der Waals surface area contributed by atoms with E-state index in [9.17, 15) is 19.2 Å². The summed E-state index contributed by atoms with van der Waals surface area (Å²) in [5.41, 5.74) is 1.54. The minimum absolute atomic E-state index is 0.116. The van der Waals surface area contributed by atoms with Gasteiger partial charge in [-0.3, -0.25) is 9.59 Å². The van der Waals surface area contributed by atoms with Gasteiger partial charge < -0.3 is 39.9 Å². The van der Waals surface area contributed by atoms with Gasteiger partial charge in [-0.2, -0.15) is 0 Å². The Kier molecular flexibility index (Phi) is 10.4. The Morgan fingerprint density at radius 2 is 1.32 bits per heavy atom. The van der Waals surface area contributed by atoms with Crippen LogP contribution in [0, 0.1) is 11.8 Å². The van der Waals surface area contributed by atoms with Crippen molar-refractivity contribution in [3.8, 4) is 21.5 Å². The zero-order chi connectivity index (χ0) is 35.7. The fraction of sp³-hybridized carbons (Fsp3) is 0.562. The van der Waals surface area contributed by atoms with Crippen molar-refractivity contribution < 1.29 is 28.7 Å². The lowest BCUT2D eigenvalue weighted by atomic mass is 10.0. The number of carbonyl (C=O) groups excluding carboxylic acids is 4. The SMILES string of the molecule is COC(=O)NC(C(=O)N1CCCC1c1cnc(-c2nc3sc(-c4cnc(C5CCCN5C(=O)C(NC(=O)OC)C(C)C)[nH]4)nc3s2)[nH]1)C(C)C. The van der Waals surface area contributed by atoms with Crippen LogP contribution < -0.4 is 10.6 Å². The van der Waals surface area contributed by atoms with E-state index >= 15 is 0 Å². The lowest BCUT2D eigenvalue weighted by Crippen LogP contribution is -2.51. The third-order valence-corrected chi connectivity index (χ3v) is 11.2. The molecule has 50 heavy (non-hydrogen) atoms. The molecule has 0 aliphatic carbocycles. The van der Waals surface area contributed by atoms with Gasteiger partial charge in [0, 0.05) is 13.1 Å². The van der Waals surface area contributed by atoms with Crippen molar-refractivity contribution in [2.75, 3.05) is 27.3 Å². The molecule has 0 saturated carbocycles. The zero-order valence-electron chi connectivity index (χ0n) is 28.8. The third kappa shape index (κ3) is 7.03. The van der Waals surface area contributed by atoms with E-state index < -0.39 is 24.3 Å². The van der Waals surface area contributed by atoms with Gasteiger partial charge in [0.1, 0.15) is 22.9 Å². The Balaban J connectivity index is 1.15. The van der Waals surface area contributed by atoms with Crippen LogP contribution in [0.2, 0.25) is 0 Å². The van der Waals surface area contributed by atoms with Crippen LogP contribution in [0.5, 0.6) is 0 Å². The van der Waals surface area contributed by atoms with Gasteiger partial charge >= 0.3 is 12.2 Å². The number of imidazole rings is 2. The van der Waals surface area contributed by atoms with E-state index in [0.717, 1.165) is 51.7 Å². The number of nitrogens with zero attached hydrogens (tertiary/aromatic N) is 6. The number of hydrogen-bond acceptors (Lipinski definition) is 12. The molecule has 4 amide bonds. The van der Waals surface area contributed by atoms with E-state index in [1.807, 2.05) is 27.7 Å². The number of ether oxygens (including phenoxy) is 2. The molecule has 16 nitrogen and oxygen atoms in total. The number of fused-ring (bicyclic) bond motifs is 1. The smallest absolute Gasteiger partial charge is 0.407 e. The van der Waals surface area contributed by atoms with Gasteiger partial charge in [0.2, 0.25) is 11.8 Å². The molecule has 4 aromatic rings. The molecule has 4 N–H and O–H groups in total. The summed E-state index contributed by atoms with van der Waals surface area (Å²) in [6.45, 7) is 8.70. The van der Waals surface area contributed by atoms with E-state index in [2.05, 4.69) is 30.6 Å². The third-order valence-electron chi connectivity index (χ3n) is 9.13. The number of aromatic nitrogens is 6. The lowest BCUT2D eigenvalue weighted by Gasteiger charge is -2.30. The van der Waals surface area contributed by atoms with Gasteiger partial charge in [0.15, 0.2) is 20.5 Å². The number of hydrogen-bond donors (Lipinski definition) is 4. The van der Waals surface area contributed by atoms with Crippen LogP contribution in [0.15, 0.2) is 12.4 Å². The fourth-order valence-electron chi connectivity index (χ4n) is 6.51. The highest BCUT2D eigenvalue weighted by Crippen LogP contribution is 2.38. The number of nitrogens with one attached hydrogen (secondary N) is 4. The second-order valence-electron chi connectivity index (χ2n) is 13.1. The topological polar surface area (TPSA) is 200 Å². The van der Waals surface area contributed by atoms with Crippen LogP contribution in [-0.4, -0.2) is 103 Å². The number of carbonyl (C=O) groups is 4. The van der Waals surface area contributed by atoms with Crippen LogP contribution in [0.25, 0.3) is 31.2 Å². The maximum Gasteiger partial charge on any atom is 0.407 e. The minimum atomic E-state index is -0.707. The molecule has 2 fully saturated rings. The Hall–Kier alpha value is -4.58. The molecular formula is C32H42N10O6S2. The van der Waals surface area contributed by atoms with Gasteiger partial charge in [-0.1, -0.05) is 50.4 Å². The lowest BCUT2D eigenvalue weighted by molar-refractivity contribution is -0.136. The van der Waals surface area contributed by atoms with Gasteiger partial charge in [-0.05, 0) is 37.5 Å². The highest BCUT2D eigenvalue weighted by atomic mass is 32.1. The maximum atomic E-state index is 13.5. The monoisotopic (exact) mass is 726 g/mol. The molecule has 2 aliphatic heterocycles. The van der Waals surface area contributed by atoms with Crippen molar-refractivity contribution in [2.45, 2.75) is 77.5 Å². The second kappa shape index (κ2) is 14.7. The largest absolute Gasteiger partial charge is 0.453 e. The highest BCUT2D eigenvalue weighted by Gasteiger charge is 2.39. The normalized spacial score (nSPS) is 19.0. The van der Waals surface area contributed by atoms with Gasteiger partial charge in [0.25, 0.3) is 0 Å². The predicted molar refractivity (Wildman–Crippen MR) is 186 cm³/mol. The Morgan fingerprint density at radius 3 is 1.90 bits per heavy atom. The molecule has 6 heterocycles. The van der Waals surface area contributed by atoms with Crippen molar-refractivity contribution in [1.82, 2.24) is 50.3 Å². The number of likely N-dealkylation sites (tertiary alicyclic amines) is 2. The van der Waals surface area contributed by atoms with Crippen LogP contribution >= 0.6 is 22.7 Å². The summed E-state index contributed by atoms with van der Waals surface area (Å²) in [5.74, 6) is 0.711. The summed E-state index contributed by atoms with van der Waals surface area (Å²) in [6, 6.07) is -1.85. The standard InChI is InChI=1S/C32H42N10O6S2/c1-15(2)21(37-31(45)47-5)29(43)41-11-7-9-19(41)17-13-34-24(35-17)26-40-28-27(50-26)39-25(49-28)18-14-33-23(36-18)20-10-8-12-42(20)30(44)22(16(3)4)38-32(46)48-6/h13-16,19-22H,7-12H2,1-6H3,(H,33,36)(H,34,35)(H,37,45)(H,38,46). The van der Waals surface area contributed by atoms with Crippen molar-refractivity contribution in [3.05, 3.63) is 23.9 Å². The van der Waals surface area contributed by atoms with E-state index in [0.29, 0.717) is 29.7 Å². The molecule has 2 saturated heterocycles. The molecular weight excluding hydrogens is 685 g/mol. The first-order valence-corrected chi connectivity index (χ1v) is 18.3. The predicted octanol–water partition coefficient (Wildman–Crippen LogP) is 4.62. The Labute approximate surface area is 296 Å². The van der Waals surface area contributed by atoms with E-state index in [4.69, 9.17) is 19.4 Å². The van der Waals surface area contributed by atoms with E-state index in [1.165, 1.54) is 36.9 Å². The first-order valence-electron chi connectivity index (χ1n) is 16.7. The highest BCUT2D eigenvalue weighted by molar-refractivity contribution is 7.29. The minimum Gasteiger partial charge on any atom is -0.453 e. The first kappa shape index (κ1) is 35.3.